The van der Waals surface area contributed by atoms with E-state index in [0.29, 0.717) is 5.69 Å². The second-order valence-corrected chi connectivity index (χ2v) is 7.58. The van der Waals surface area contributed by atoms with Gasteiger partial charge in [-0.25, -0.2) is 13.1 Å². The Hall–Kier alpha value is -1.44. The summed E-state index contributed by atoms with van der Waals surface area (Å²) < 4.78 is 25.9. The third kappa shape index (κ3) is 3.25. The molecule has 1 aliphatic rings. The van der Waals surface area contributed by atoms with Gasteiger partial charge in [-0.2, -0.15) is 0 Å². The topological polar surface area (TPSA) is 101 Å². The summed E-state index contributed by atoms with van der Waals surface area (Å²) in [5.74, 6) is -0.0888. The van der Waals surface area contributed by atoms with Gasteiger partial charge in [-0.15, -0.1) is 0 Å². The number of hydrogen-bond donors (Lipinski definition) is 3. The number of sulfonamides is 1. The van der Waals surface area contributed by atoms with Crippen molar-refractivity contribution < 1.29 is 13.2 Å². The fourth-order valence-electron chi connectivity index (χ4n) is 2.15. The minimum atomic E-state index is -3.55. The third-order valence-electron chi connectivity index (χ3n) is 3.95. The number of carbonyl (C=O) groups excluding carboxylic acids is 1. The highest BCUT2D eigenvalue weighted by Crippen LogP contribution is 2.38. The second-order valence-electron chi connectivity index (χ2n) is 5.70. The van der Waals surface area contributed by atoms with Crippen LogP contribution in [0.3, 0.4) is 0 Å². The number of benzene rings is 1. The van der Waals surface area contributed by atoms with Crippen LogP contribution in [-0.2, 0) is 14.8 Å². The number of anilines is 1. The van der Waals surface area contributed by atoms with Crippen molar-refractivity contribution in [1.29, 1.82) is 0 Å². The van der Waals surface area contributed by atoms with Gasteiger partial charge in [-0.3, -0.25) is 4.79 Å². The summed E-state index contributed by atoms with van der Waals surface area (Å²) in [6, 6.07) is 4.60. The highest BCUT2D eigenvalue weighted by atomic mass is 32.2. The molecule has 0 saturated heterocycles. The fourth-order valence-corrected chi connectivity index (χ4v) is 2.90. The van der Waals surface area contributed by atoms with Crippen LogP contribution in [0.15, 0.2) is 23.1 Å². The summed E-state index contributed by atoms with van der Waals surface area (Å²) in [5.41, 5.74) is 6.39. The van der Waals surface area contributed by atoms with Gasteiger partial charge in [-0.1, -0.05) is 6.07 Å². The smallest absolute Gasteiger partial charge is 0.244 e. The molecule has 1 saturated carbocycles. The van der Waals surface area contributed by atoms with Crippen LogP contribution >= 0.6 is 0 Å². The molecule has 6 nitrogen and oxygen atoms in total. The number of nitrogens with two attached hydrogens (primary N) is 1. The highest BCUT2D eigenvalue weighted by Gasteiger charge is 2.44. The van der Waals surface area contributed by atoms with Gasteiger partial charge < -0.3 is 11.1 Å². The molecule has 1 atom stereocenters. The summed E-state index contributed by atoms with van der Waals surface area (Å²) in [6.07, 6.45) is 1.90. The van der Waals surface area contributed by atoms with Gasteiger partial charge in [0, 0.05) is 5.69 Å². The van der Waals surface area contributed by atoms with Gasteiger partial charge in [0.2, 0.25) is 15.9 Å². The molecule has 1 aromatic carbocycles. The van der Waals surface area contributed by atoms with Crippen molar-refractivity contribution >= 4 is 21.6 Å². The van der Waals surface area contributed by atoms with E-state index in [-0.39, 0.29) is 16.7 Å². The van der Waals surface area contributed by atoms with Gasteiger partial charge >= 0.3 is 0 Å². The van der Waals surface area contributed by atoms with E-state index < -0.39 is 15.6 Å². The third-order valence-corrected chi connectivity index (χ3v) is 5.36. The maximum atomic E-state index is 12.3. The fraction of sp³-hybridized carbons (Fsp3) is 0.500. The molecular weight excluding hydrogens is 290 g/mol. The SMILES string of the molecule is CNS(=O)(=O)c1ccc(C)c(NC(=O)C(C)(N)C2CC2)c1. The quantitative estimate of drug-likeness (QED) is 0.754. The number of nitrogens with one attached hydrogen (secondary N) is 2. The Morgan fingerprint density at radius 3 is 2.52 bits per heavy atom. The van der Waals surface area contributed by atoms with Crippen LogP contribution in [0, 0.1) is 12.8 Å². The van der Waals surface area contributed by atoms with Gasteiger partial charge in [0.15, 0.2) is 0 Å². The van der Waals surface area contributed by atoms with Crippen molar-refractivity contribution in [3.8, 4) is 0 Å². The molecule has 0 aromatic heterocycles. The number of aryl methyl sites for hydroxylation is 1. The van der Waals surface area contributed by atoms with E-state index in [9.17, 15) is 13.2 Å². The Morgan fingerprint density at radius 2 is 2.00 bits per heavy atom. The Bertz CT molecular complexity index is 664. The zero-order valence-corrected chi connectivity index (χ0v) is 13.3. The molecule has 0 spiro atoms. The van der Waals surface area contributed by atoms with E-state index in [0.717, 1.165) is 18.4 Å². The molecular formula is C14H21N3O3S. The van der Waals surface area contributed by atoms with E-state index in [1.807, 2.05) is 0 Å². The predicted octanol–water partition coefficient (Wildman–Crippen LogP) is 0.969. The van der Waals surface area contributed by atoms with Crippen molar-refractivity contribution in [3.05, 3.63) is 23.8 Å². The molecule has 4 N–H and O–H groups in total. The lowest BCUT2D eigenvalue weighted by molar-refractivity contribution is -0.121. The Kier molecular flexibility index (Phi) is 4.10. The van der Waals surface area contributed by atoms with E-state index in [1.165, 1.54) is 19.2 Å². The van der Waals surface area contributed by atoms with Crippen LogP contribution in [0.2, 0.25) is 0 Å². The van der Waals surface area contributed by atoms with Gasteiger partial charge in [0.05, 0.1) is 10.4 Å². The number of hydrogen-bond acceptors (Lipinski definition) is 4. The van der Waals surface area contributed by atoms with Crippen molar-refractivity contribution in [2.75, 3.05) is 12.4 Å². The minimum absolute atomic E-state index is 0.107. The molecule has 7 heteroatoms. The van der Waals surface area contributed by atoms with Crippen LogP contribution in [0.25, 0.3) is 0 Å². The molecule has 0 aliphatic heterocycles. The molecule has 2 rings (SSSR count). The lowest BCUT2D eigenvalue weighted by Gasteiger charge is -2.24. The minimum Gasteiger partial charge on any atom is -0.324 e. The van der Waals surface area contributed by atoms with Crippen LogP contribution < -0.4 is 15.8 Å². The highest BCUT2D eigenvalue weighted by molar-refractivity contribution is 7.89. The first-order chi connectivity index (χ1) is 9.68. The molecule has 116 valence electrons. The lowest BCUT2D eigenvalue weighted by atomic mass is 9.96. The predicted molar refractivity (Wildman–Crippen MR) is 81.4 cm³/mol. The number of rotatable bonds is 5. The Labute approximate surface area is 125 Å². The maximum Gasteiger partial charge on any atom is 0.244 e. The molecule has 0 radical (unpaired) electrons. The molecule has 1 aromatic rings. The first-order valence-electron chi connectivity index (χ1n) is 6.83. The number of amides is 1. The van der Waals surface area contributed by atoms with Crippen molar-refractivity contribution in [2.45, 2.75) is 37.1 Å². The molecule has 1 amide bonds. The van der Waals surface area contributed by atoms with Crippen molar-refractivity contribution in [2.24, 2.45) is 11.7 Å². The summed E-state index contributed by atoms with van der Waals surface area (Å²) in [5, 5.41) is 2.75. The largest absolute Gasteiger partial charge is 0.324 e. The molecule has 1 unspecified atom stereocenters. The molecule has 21 heavy (non-hydrogen) atoms. The van der Waals surface area contributed by atoms with E-state index >= 15 is 0 Å². The van der Waals surface area contributed by atoms with E-state index in [1.54, 1.807) is 19.9 Å². The van der Waals surface area contributed by atoms with Crippen LogP contribution in [0.1, 0.15) is 25.3 Å². The normalized spacial score (nSPS) is 18.1. The zero-order chi connectivity index (χ0) is 15.8. The summed E-state index contributed by atoms with van der Waals surface area (Å²) in [6.45, 7) is 3.51. The summed E-state index contributed by atoms with van der Waals surface area (Å²) in [4.78, 5) is 12.4. The average Bonchev–Trinajstić information content (AvgIpc) is 3.25. The zero-order valence-electron chi connectivity index (χ0n) is 12.4. The van der Waals surface area contributed by atoms with E-state index in [2.05, 4.69) is 10.0 Å². The maximum absolute atomic E-state index is 12.3. The van der Waals surface area contributed by atoms with Crippen LogP contribution in [-0.4, -0.2) is 26.9 Å². The first kappa shape index (κ1) is 15.9. The molecule has 0 heterocycles. The van der Waals surface area contributed by atoms with Crippen LogP contribution in [0.4, 0.5) is 5.69 Å². The van der Waals surface area contributed by atoms with Gasteiger partial charge in [0.1, 0.15) is 0 Å². The summed E-state index contributed by atoms with van der Waals surface area (Å²) >= 11 is 0. The van der Waals surface area contributed by atoms with Gasteiger partial charge in [0.25, 0.3) is 0 Å². The standard InChI is InChI=1S/C14H21N3O3S/c1-9-4-7-11(21(19,20)16-3)8-12(9)17-13(18)14(2,15)10-5-6-10/h4,7-8,10,16H,5-6,15H2,1-3H3,(H,17,18). The van der Waals surface area contributed by atoms with Crippen LogP contribution in [0.5, 0.6) is 0 Å². The molecule has 1 aliphatic carbocycles. The number of carbonyl (C=O) groups is 1. The first-order valence-corrected chi connectivity index (χ1v) is 8.31. The van der Waals surface area contributed by atoms with Crippen molar-refractivity contribution in [3.63, 3.8) is 0 Å². The lowest BCUT2D eigenvalue weighted by Crippen LogP contribution is -2.50. The van der Waals surface area contributed by atoms with Gasteiger partial charge in [-0.05, 0) is 57.4 Å². The molecule has 1 fully saturated rings. The Morgan fingerprint density at radius 1 is 1.38 bits per heavy atom. The monoisotopic (exact) mass is 311 g/mol. The van der Waals surface area contributed by atoms with E-state index in [4.69, 9.17) is 5.73 Å². The Balaban J connectivity index is 2.28. The second kappa shape index (κ2) is 5.40. The van der Waals surface area contributed by atoms with Crippen molar-refractivity contribution in [1.82, 2.24) is 4.72 Å². The average molecular weight is 311 g/mol. The molecule has 0 bridgehead atoms. The summed E-state index contributed by atoms with van der Waals surface area (Å²) in [7, 11) is -2.20.